The van der Waals surface area contributed by atoms with Gasteiger partial charge in [0, 0.05) is 0 Å². The minimum Gasteiger partial charge on any atom is -0.198 e. The Hall–Kier alpha value is -0.510. The lowest BCUT2D eigenvalue weighted by molar-refractivity contribution is 0.0918. The van der Waals surface area contributed by atoms with Crippen molar-refractivity contribution in [2.45, 2.75) is 110 Å². The molecule has 3 aliphatic rings. The summed E-state index contributed by atoms with van der Waals surface area (Å²) in [5.74, 6) is 5.09. The molecule has 0 aliphatic heterocycles. The van der Waals surface area contributed by atoms with E-state index in [1.54, 1.807) is 0 Å². The van der Waals surface area contributed by atoms with E-state index < -0.39 is 0 Å². The van der Waals surface area contributed by atoms with E-state index in [1.807, 2.05) is 0 Å². The molecule has 0 saturated heterocycles. The predicted octanol–water partition coefficient (Wildman–Crippen LogP) is 7.51. The minimum atomic E-state index is 0.0326. The van der Waals surface area contributed by atoms with Crippen LogP contribution in [0.3, 0.4) is 0 Å². The molecule has 0 spiro atoms. The second kappa shape index (κ2) is 8.92. The van der Waals surface area contributed by atoms with Crippen molar-refractivity contribution in [3.63, 3.8) is 0 Å². The van der Waals surface area contributed by atoms with Crippen LogP contribution < -0.4 is 0 Å². The van der Waals surface area contributed by atoms with Crippen LogP contribution in [-0.4, -0.2) is 0 Å². The molecule has 0 heterocycles. The van der Waals surface area contributed by atoms with Crippen LogP contribution in [0.15, 0.2) is 0 Å². The molecule has 0 bridgehead atoms. The quantitative estimate of drug-likeness (QED) is 0.506. The highest BCUT2D eigenvalue weighted by Crippen LogP contribution is 2.49. The van der Waals surface area contributed by atoms with Crippen molar-refractivity contribution in [1.29, 1.82) is 5.26 Å². The van der Waals surface area contributed by atoms with Crippen LogP contribution in [0, 0.1) is 46.3 Å². The largest absolute Gasteiger partial charge is 0.198 e. The molecule has 25 heavy (non-hydrogen) atoms. The highest BCUT2D eigenvalue weighted by molar-refractivity contribution is 5.01. The summed E-state index contributed by atoms with van der Waals surface area (Å²) in [5, 5.41) is 9.52. The summed E-state index contributed by atoms with van der Waals surface area (Å²) in [6.45, 7) is 4.56. The highest BCUT2D eigenvalue weighted by atomic mass is 14.4. The van der Waals surface area contributed by atoms with Crippen LogP contribution in [0.4, 0.5) is 0 Å². The van der Waals surface area contributed by atoms with Gasteiger partial charge in [0.2, 0.25) is 0 Å². The van der Waals surface area contributed by atoms with E-state index in [-0.39, 0.29) is 5.41 Å². The summed E-state index contributed by atoms with van der Waals surface area (Å²) in [5.41, 5.74) is 0.0326. The van der Waals surface area contributed by atoms with Gasteiger partial charge in [0.15, 0.2) is 0 Å². The first kappa shape index (κ1) is 19.3. The van der Waals surface area contributed by atoms with Crippen LogP contribution in [0.5, 0.6) is 0 Å². The molecule has 3 saturated carbocycles. The fraction of sp³-hybridized carbons (Fsp3) is 0.958. The Kier molecular flexibility index (Phi) is 6.87. The standard InChI is InChI=1S/C24H41N/c1-3-5-19-6-8-20(9-7-19)21-10-12-22(13-11-21)23-14-16-24(4-2,18-25)17-15-23/h19-23H,3-17H2,1-2H3/t19-,20-,21?,22?,23-,24-. The molecule has 0 amide bonds. The van der Waals surface area contributed by atoms with Crippen molar-refractivity contribution in [3.05, 3.63) is 0 Å². The Balaban J connectivity index is 1.40. The van der Waals surface area contributed by atoms with Gasteiger partial charge in [-0.15, -0.1) is 0 Å². The topological polar surface area (TPSA) is 23.8 Å². The SMILES string of the molecule is CCC[C@H]1CC[C@H](C2CCC([C@H]3CC[C@@](C#N)(CC)CC3)CC2)CC1. The first-order valence-electron chi connectivity index (χ1n) is 11.6. The second-order valence-corrected chi connectivity index (χ2v) is 9.83. The number of nitrogens with zero attached hydrogens (tertiary/aromatic N) is 1. The molecule has 0 unspecified atom stereocenters. The minimum absolute atomic E-state index is 0.0326. The fourth-order valence-electron chi connectivity index (χ4n) is 6.65. The van der Waals surface area contributed by atoms with Gasteiger partial charge in [0.05, 0.1) is 11.5 Å². The molecule has 3 aliphatic carbocycles. The van der Waals surface area contributed by atoms with Crippen molar-refractivity contribution >= 4 is 0 Å². The van der Waals surface area contributed by atoms with Crippen LogP contribution in [-0.2, 0) is 0 Å². The molecule has 3 rings (SSSR count). The van der Waals surface area contributed by atoms with Crippen LogP contribution in [0.1, 0.15) is 110 Å². The predicted molar refractivity (Wildman–Crippen MR) is 106 cm³/mol. The average molecular weight is 344 g/mol. The van der Waals surface area contributed by atoms with E-state index in [0.29, 0.717) is 0 Å². The molecule has 142 valence electrons. The lowest BCUT2D eigenvalue weighted by Gasteiger charge is -2.42. The summed E-state index contributed by atoms with van der Waals surface area (Å²) >= 11 is 0. The maximum atomic E-state index is 9.52. The molecular weight excluding hydrogens is 302 g/mol. The number of nitriles is 1. The molecule has 1 nitrogen and oxygen atoms in total. The number of hydrogen-bond acceptors (Lipinski definition) is 1. The molecule has 0 radical (unpaired) electrons. The van der Waals surface area contributed by atoms with E-state index in [0.717, 1.165) is 36.0 Å². The second-order valence-electron chi connectivity index (χ2n) is 9.83. The van der Waals surface area contributed by atoms with E-state index in [4.69, 9.17) is 0 Å². The van der Waals surface area contributed by atoms with Crippen molar-refractivity contribution < 1.29 is 0 Å². The first-order valence-corrected chi connectivity index (χ1v) is 11.6. The molecule has 0 N–H and O–H groups in total. The van der Waals surface area contributed by atoms with Crippen LogP contribution >= 0.6 is 0 Å². The van der Waals surface area contributed by atoms with Gasteiger partial charge in [0.25, 0.3) is 0 Å². The fourth-order valence-corrected chi connectivity index (χ4v) is 6.65. The van der Waals surface area contributed by atoms with Gasteiger partial charge in [-0.25, -0.2) is 0 Å². The number of rotatable bonds is 5. The van der Waals surface area contributed by atoms with E-state index >= 15 is 0 Å². The van der Waals surface area contributed by atoms with Gasteiger partial charge >= 0.3 is 0 Å². The maximum absolute atomic E-state index is 9.52. The molecule has 0 atom stereocenters. The van der Waals surface area contributed by atoms with E-state index in [2.05, 4.69) is 19.9 Å². The molecule has 0 aromatic heterocycles. The normalized spacial score (nSPS) is 42.7. The summed E-state index contributed by atoms with van der Waals surface area (Å²) in [6, 6.07) is 2.65. The molecule has 0 aromatic carbocycles. The lowest BCUT2D eigenvalue weighted by Crippen LogP contribution is -2.32. The molecular formula is C24H41N. The Labute approximate surface area is 157 Å². The lowest BCUT2D eigenvalue weighted by atomic mass is 9.62. The summed E-state index contributed by atoms with van der Waals surface area (Å²) in [7, 11) is 0. The van der Waals surface area contributed by atoms with Crippen LogP contribution in [0.25, 0.3) is 0 Å². The Morgan fingerprint density at radius 2 is 1.16 bits per heavy atom. The molecule has 0 aromatic rings. The van der Waals surface area contributed by atoms with E-state index in [9.17, 15) is 5.26 Å². The van der Waals surface area contributed by atoms with Gasteiger partial charge in [-0.2, -0.15) is 5.26 Å². The van der Waals surface area contributed by atoms with Gasteiger partial charge in [-0.3, -0.25) is 0 Å². The third-order valence-corrected chi connectivity index (χ3v) is 8.64. The summed E-state index contributed by atoms with van der Waals surface area (Å²) in [4.78, 5) is 0. The zero-order chi connectivity index (χ0) is 17.7. The van der Waals surface area contributed by atoms with Gasteiger partial charge < -0.3 is 0 Å². The summed E-state index contributed by atoms with van der Waals surface area (Å²) in [6.07, 6.45) is 21.1. The Bertz CT molecular complexity index is 424. The van der Waals surface area contributed by atoms with Crippen molar-refractivity contribution in [2.75, 3.05) is 0 Å². The third kappa shape index (κ3) is 4.61. The average Bonchev–Trinajstić information content (AvgIpc) is 2.69. The van der Waals surface area contributed by atoms with Crippen molar-refractivity contribution in [2.24, 2.45) is 35.0 Å². The molecule has 3 fully saturated rings. The van der Waals surface area contributed by atoms with Gasteiger partial charge in [-0.1, -0.05) is 39.5 Å². The highest BCUT2D eigenvalue weighted by Gasteiger charge is 2.38. The first-order chi connectivity index (χ1) is 12.2. The monoisotopic (exact) mass is 343 g/mol. The van der Waals surface area contributed by atoms with Crippen LogP contribution in [0.2, 0.25) is 0 Å². The van der Waals surface area contributed by atoms with Crippen molar-refractivity contribution in [3.8, 4) is 6.07 Å². The number of hydrogen-bond donors (Lipinski definition) is 0. The zero-order valence-corrected chi connectivity index (χ0v) is 16.9. The van der Waals surface area contributed by atoms with Gasteiger partial charge in [0.1, 0.15) is 0 Å². The smallest absolute Gasteiger partial charge is 0.0689 e. The Morgan fingerprint density at radius 3 is 1.56 bits per heavy atom. The van der Waals surface area contributed by atoms with E-state index in [1.165, 1.54) is 89.9 Å². The molecule has 1 heteroatoms. The third-order valence-electron chi connectivity index (χ3n) is 8.64. The summed E-state index contributed by atoms with van der Waals surface area (Å²) < 4.78 is 0. The van der Waals surface area contributed by atoms with Gasteiger partial charge in [-0.05, 0) is 100 Å². The van der Waals surface area contributed by atoms with Crippen molar-refractivity contribution in [1.82, 2.24) is 0 Å². The maximum Gasteiger partial charge on any atom is 0.0689 e. The Morgan fingerprint density at radius 1 is 0.720 bits per heavy atom. The zero-order valence-electron chi connectivity index (χ0n) is 16.9.